The maximum Gasteiger partial charge on any atom is 0.228 e. The van der Waals surface area contributed by atoms with Gasteiger partial charge in [-0.1, -0.05) is 11.6 Å². The average Bonchev–Trinajstić information content (AvgIpc) is 2.94. The van der Waals surface area contributed by atoms with E-state index in [0.29, 0.717) is 71.8 Å². The summed E-state index contributed by atoms with van der Waals surface area (Å²) in [5.74, 6) is -0.00403. The number of aromatic nitrogens is 3. The van der Waals surface area contributed by atoms with E-state index in [4.69, 9.17) is 11.6 Å². The zero-order chi connectivity index (χ0) is 29.0. The molecule has 9 nitrogen and oxygen atoms in total. The highest BCUT2D eigenvalue weighted by molar-refractivity contribution is 7.99. The fraction of sp³-hybridized carbons (Fsp3) is 0.429. The van der Waals surface area contributed by atoms with Gasteiger partial charge in [-0.25, -0.2) is 13.8 Å². The molecule has 0 radical (unpaired) electrons. The first kappa shape index (κ1) is 29.6. The molecule has 41 heavy (non-hydrogen) atoms. The lowest BCUT2D eigenvalue weighted by Crippen LogP contribution is -2.53. The third kappa shape index (κ3) is 7.12. The molecule has 0 spiro atoms. The van der Waals surface area contributed by atoms with Crippen LogP contribution in [0, 0.1) is 11.7 Å². The van der Waals surface area contributed by atoms with Crippen molar-refractivity contribution in [2.75, 3.05) is 42.7 Å². The Morgan fingerprint density at radius 1 is 1.15 bits per heavy atom. The number of benzene rings is 1. The highest BCUT2D eigenvalue weighted by atomic mass is 35.5. The Morgan fingerprint density at radius 2 is 1.93 bits per heavy atom. The minimum Gasteiger partial charge on any atom is -0.396 e. The molecule has 2 aromatic heterocycles. The second-order valence-corrected chi connectivity index (χ2v) is 11.9. The number of likely N-dealkylation sites (tertiary alicyclic amines) is 1. The maximum absolute atomic E-state index is 14.5. The molecule has 1 aromatic carbocycles. The Hall–Kier alpha value is -2.90. The first-order valence-electron chi connectivity index (χ1n) is 13.4. The van der Waals surface area contributed by atoms with Crippen LogP contribution >= 0.6 is 23.4 Å². The number of pyridine rings is 1. The Bertz CT molecular complexity index is 1390. The average molecular weight is 605 g/mol. The first-order valence-corrected chi connectivity index (χ1v) is 14.8. The van der Waals surface area contributed by atoms with E-state index in [1.807, 2.05) is 0 Å². The Morgan fingerprint density at radius 3 is 2.66 bits per heavy atom. The number of piperidine rings is 1. The molecule has 0 atom stereocenters. The van der Waals surface area contributed by atoms with Gasteiger partial charge in [0.1, 0.15) is 22.3 Å². The molecule has 5 rings (SSSR count). The monoisotopic (exact) mass is 604 g/mol. The number of anilines is 3. The normalized spacial score (nSPS) is 20.3. The van der Waals surface area contributed by atoms with Crippen LogP contribution in [0.3, 0.4) is 0 Å². The summed E-state index contributed by atoms with van der Waals surface area (Å²) in [6.07, 6.45) is 3.57. The molecule has 1 aliphatic heterocycles. The SMILES string of the molecule is O=C(Nc1cc(Nc2cc(-c3cc(Cl)ccc3F)nnc2SCCO)ccn1)C1CC(N2CCC(F)(CO)CC2)C1. The number of hydrogen-bond donors (Lipinski definition) is 4. The van der Waals surface area contributed by atoms with Crippen LogP contribution in [0.25, 0.3) is 11.3 Å². The van der Waals surface area contributed by atoms with Crippen LogP contribution in [0.5, 0.6) is 0 Å². The van der Waals surface area contributed by atoms with E-state index in [1.54, 1.807) is 24.4 Å². The summed E-state index contributed by atoms with van der Waals surface area (Å²) in [6, 6.07) is 9.51. The number of rotatable bonds is 10. The highest BCUT2D eigenvalue weighted by Crippen LogP contribution is 2.37. The first-order chi connectivity index (χ1) is 19.8. The molecule has 2 fully saturated rings. The molecule has 13 heteroatoms. The summed E-state index contributed by atoms with van der Waals surface area (Å²) in [5.41, 5.74) is 0.156. The molecule has 4 N–H and O–H groups in total. The molecule has 1 saturated heterocycles. The van der Waals surface area contributed by atoms with Crippen molar-refractivity contribution in [3.8, 4) is 11.3 Å². The van der Waals surface area contributed by atoms with Gasteiger partial charge < -0.3 is 25.7 Å². The topological polar surface area (TPSA) is 124 Å². The van der Waals surface area contributed by atoms with E-state index in [2.05, 4.69) is 30.7 Å². The molecule has 2 aliphatic rings. The van der Waals surface area contributed by atoms with E-state index < -0.39 is 18.1 Å². The number of carbonyl (C=O) groups is 1. The number of hydrogen-bond acceptors (Lipinski definition) is 9. The zero-order valence-corrected chi connectivity index (χ0v) is 23.8. The van der Waals surface area contributed by atoms with Crippen molar-refractivity contribution >= 4 is 46.5 Å². The Balaban J connectivity index is 1.24. The number of carbonyl (C=O) groups excluding carboxylic acids is 1. The van der Waals surface area contributed by atoms with Gasteiger partial charge in [-0.15, -0.1) is 22.0 Å². The molecule has 0 unspecified atom stereocenters. The molecular weight excluding hydrogens is 574 g/mol. The number of aliphatic hydroxyl groups excluding tert-OH is 2. The maximum atomic E-state index is 14.5. The summed E-state index contributed by atoms with van der Waals surface area (Å²) in [4.78, 5) is 19.4. The van der Waals surface area contributed by atoms with E-state index in [0.717, 1.165) is 0 Å². The molecule has 1 amide bonds. The number of nitrogens with zero attached hydrogens (tertiary/aromatic N) is 4. The van der Waals surface area contributed by atoms with Gasteiger partial charge in [-0.05, 0) is 56.0 Å². The number of nitrogens with one attached hydrogen (secondary N) is 2. The van der Waals surface area contributed by atoms with E-state index in [-0.39, 0.29) is 35.7 Å². The fourth-order valence-corrected chi connectivity index (χ4v) is 5.87. The minimum absolute atomic E-state index is 0.0546. The van der Waals surface area contributed by atoms with Gasteiger partial charge in [0.2, 0.25) is 5.91 Å². The lowest BCUT2D eigenvalue weighted by molar-refractivity contribution is -0.125. The Kier molecular flexibility index (Phi) is 9.35. The van der Waals surface area contributed by atoms with Crippen LogP contribution in [-0.2, 0) is 4.79 Å². The van der Waals surface area contributed by atoms with Gasteiger partial charge in [0.15, 0.2) is 0 Å². The van der Waals surface area contributed by atoms with Crippen molar-refractivity contribution in [1.82, 2.24) is 20.1 Å². The summed E-state index contributed by atoms with van der Waals surface area (Å²) >= 11 is 7.36. The van der Waals surface area contributed by atoms with Crippen LogP contribution in [0.4, 0.5) is 26.0 Å². The van der Waals surface area contributed by atoms with Crippen molar-refractivity contribution in [2.45, 2.75) is 42.4 Å². The number of amides is 1. The predicted octanol–water partition coefficient (Wildman–Crippen LogP) is 4.67. The van der Waals surface area contributed by atoms with E-state index >= 15 is 0 Å². The fourth-order valence-electron chi connectivity index (χ4n) is 5.05. The van der Waals surface area contributed by atoms with E-state index in [1.165, 1.54) is 30.0 Å². The zero-order valence-electron chi connectivity index (χ0n) is 22.2. The summed E-state index contributed by atoms with van der Waals surface area (Å²) in [5, 5.41) is 33.9. The third-order valence-electron chi connectivity index (χ3n) is 7.56. The van der Waals surface area contributed by atoms with Crippen LogP contribution in [0.1, 0.15) is 25.7 Å². The largest absolute Gasteiger partial charge is 0.396 e. The molecule has 3 heterocycles. The lowest BCUT2D eigenvalue weighted by Gasteiger charge is -2.46. The van der Waals surface area contributed by atoms with Gasteiger partial charge in [0, 0.05) is 59.3 Å². The summed E-state index contributed by atoms with van der Waals surface area (Å²) in [7, 11) is 0. The quantitative estimate of drug-likeness (QED) is 0.244. The van der Waals surface area contributed by atoms with Gasteiger partial charge in [-0.2, -0.15) is 0 Å². The standard InChI is InChI=1S/C28H31ClF2N6O3S/c29-18-1-2-22(30)21(13-18)23-15-24(27(36-35-23)41-10-9-38)33-19-3-6-32-25(14-19)34-26(40)17-11-20(12-17)37-7-4-28(31,16-39)5-8-37/h1-3,6,13-15,17,20,38-39H,4-5,7-12,16H2,(H2,32,33,34,35,40). The summed E-state index contributed by atoms with van der Waals surface area (Å²) < 4.78 is 28.8. The second-order valence-electron chi connectivity index (χ2n) is 10.4. The Labute approximate surface area is 245 Å². The van der Waals surface area contributed by atoms with Crippen molar-refractivity contribution in [2.24, 2.45) is 5.92 Å². The molecule has 218 valence electrons. The van der Waals surface area contributed by atoms with Gasteiger partial charge in [0.25, 0.3) is 0 Å². The van der Waals surface area contributed by atoms with Crippen LogP contribution < -0.4 is 10.6 Å². The van der Waals surface area contributed by atoms with Gasteiger partial charge in [-0.3, -0.25) is 4.79 Å². The summed E-state index contributed by atoms with van der Waals surface area (Å²) in [6.45, 7) is 0.666. The minimum atomic E-state index is -1.49. The van der Waals surface area contributed by atoms with Gasteiger partial charge in [0.05, 0.1) is 24.6 Å². The number of aliphatic hydroxyl groups is 2. The molecule has 3 aromatic rings. The van der Waals surface area contributed by atoms with Crippen molar-refractivity contribution < 1.29 is 23.8 Å². The van der Waals surface area contributed by atoms with Gasteiger partial charge >= 0.3 is 0 Å². The van der Waals surface area contributed by atoms with Crippen LogP contribution in [0.2, 0.25) is 5.02 Å². The number of alkyl halides is 1. The number of halogens is 3. The molecular formula is C28H31ClF2N6O3S. The molecule has 1 aliphatic carbocycles. The van der Waals surface area contributed by atoms with Crippen molar-refractivity contribution in [3.63, 3.8) is 0 Å². The smallest absolute Gasteiger partial charge is 0.228 e. The van der Waals surface area contributed by atoms with E-state index in [9.17, 15) is 23.8 Å². The second kappa shape index (κ2) is 13.0. The van der Waals surface area contributed by atoms with Crippen LogP contribution in [-0.4, -0.2) is 80.0 Å². The predicted molar refractivity (Wildman–Crippen MR) is 155 cm³/mol. The third-order valence-corrected chi connectivity index (χ3v) is 8.76. The molecule has 1 saturated carbocycles. The lowest BCUT2D eigenvalue weighted by atomic mass is 9.77. The van der Waals surface area contributed by atoms with Crippen molar-refractivity contribution in [1.29, 1.82) is 0 Å². The number of thioether (sulfide) groups is 1. The molecule has 0 bridgehead atoms. The highest BCUT2D eigenvalue weighted by Gasteiger charge is 2.42. The van der Waals surface area contributed by atoms with Crippen molar-refractivity contribution in [3.05, 3.63) is 53.4 Å². The van der Waals surface area contributed by atoms with Crippen LogP contribution in [0.15, 0.2) is 47.6 Å².